The largest absolute Gasteiger partial charge is 0.382 e. The Labute approximate surface area is 129 Å². The summed E-state index contributed by atoms with van der Waals surface area (Å²) >= 11 is 0. The van der Waals surface area contributed by atoms with Gasteiger partial charge < -0.3 is 28.4 Å². The molecule has 0 heterocycles. The quantitative estimate of drug-likeness (QED) is 0.486. The molecule has 128 valence electrons. The molecule has 0 saturated carbocycles. The van der Waals surface area contributed by atoms with E-state index in [2.05, 4.69) is 0 Å². The van der Waals surface area contributed by atoms with Crippen LogP contribution in [0.4, 0.5) is 0 Å². The molecule has 0 aliphatic rings. The van der Waals surface area contributed by atoms with E-state index in [9.17, 15) is 0 Å². The monoisotopic (exact) mass is 308 g/mol. The highest BCUT2D eigenvalue weighted by molar-refractivity contribution is 4.83. The van der Waals surface area contributed by atoms with Gasteiger partial charge in [0, 0.05) is 55.5 Å². The highest BCUT2D eigenvalue weighted by Crippen LogP contribution is 2.30. The molecule has 21 heavy (non-hydrogen) atoms. The Kier molecular flexibility index (Phi) is 10.4. The molecule has 0 amide bonds. The van der Waals surface area contributed by atoms with E-state index in [1.807, 2.05) is 6.92 Å². The van der Waals surface area contributed by atoms with Gasteiger partial charge in [-0.1, -0.05) is 0 Å². The number of rotatable bonds is 13. The fraction of sp³-hybridized carbons (Fsp3) is 1.00. The van der Waals surface area contributed by atoms with Crippen LogP contribution in [0.3, 0.4) is 0 Å². The van der Waals surface area contributed by atoms with Crippen LogP contribution in [0.2, 0.25) is 0 Å². The molecule has 0 aromatic carbocycles. The summed E-state index contributed by atoms with van der Waals surface area (Å²) in [5, 5.41) is 0. The van der Waals surface area contributed by atoms with Crippen molar-refractivity contribution >= 4 is 0 Å². The van der Waals surface area contributed by atoms with E-state index in [0.717, 1.165) is 19.3 Å². The number of hydrogen-bond acceptors (Lipinski definition) is 6. The molecule has 1 atom stereocenters. The zero-order chi connectivity index (χ0) is 16.4. The van der Waals surface area contributed by atoms with Crippen molar-refractivity contribution in [1.29, 1.82) is 0 Å². The molecule has 0 rings (SSSR count). The van der Waals surface area contributed by atoms with Crippen LogP contribution < -0.4 is 0 Å². The van der Waals surface area contributed by atoms with Gasteiger partial charge in [-0.25, -0.2) is 0 Å². The molecular formula is C15H32O6. The fourth-order valence-corrected chi connectivity index (χ4v) is 2.25. The second-order valence-corrected chi connectivity index (χ2v) is 5.30. The van der Waals surface area contributed by atoms with Crippen molar-refractivity contribution in [3.8, 4) is 0 Å². The number of ether oxygens (including phenoxy) is 6. The summed E-state index contributed by atoms with van der Waals surface area (Å²) in [4.78, 5) is 0. The molecule has 1 unspecified atom stereocenters. The lowest BCUT2D eigenvalue weighted by Crippen LogP contribution is -2.41. The Bertz CT molecular complexity index is 253. The van der Waals surface area contributed by atoms with Crippen molar-refractivity contribution in [2.45, 2.75) is 50.3 Å². The minimum Gasteiger partial charge on any atom is -0.382 e. The normalized spacial score (nSPS) is 15.4. The molecule has 0 bridgehead atoms. The van der Waals surface area contributed by atoms with Crippen LogP contribution in [0.15, 0.2) is 0 Å². The summed E-state index contributed by atoms with van der Waals surface area (Å²) in [6.45, 7) is 2.40. The van der Waals surface area contributed by atoms with Crippen molar-refractivity contribution in [3.05, 3.63) is 0 Å². The average molecular weight is 308 g/mol. The number of methoxy groups -OCH3 is 6. The maximum atomic E-state index is 5.75. The van der Waals surface area contributed by atoms with Gasteiger partial charge in [0.15, 0.2) is 12.1 Å². The lowest BCUT2D eigenvalue weighted by molar-refractivity contribution is -0.208. The highest BCUT2D eigenvalue weighted by Gasteiger charge is 2.35. The maximum absolute atomic E-state index is 5.75. The molecule has 0 fully saturated rings. The Morgan fingerprint density at radius 3 is 1.71 bits per heavy atom. The van der Waals surface area contributed by atoms with Gasteiger partial charge in [-0.15, -0.1) is 0 Å². The molecule has 0 aliphatic carbocycles. The van der Waals surface area contributed by atoms with Gasteiger partial charge in [0.25, 0.3) is 0 Å². The first kappa shape index (κ1) is 20.8. The second-order valence-electron chi connectivity index (χ2n) is 5.30. The summed E-state index contributed by atoms with van der Waals surface area (Å²) in [7, 11) is 9.91. The minimum atomic E-state index is -0.626. The summed E-state index contributed by atoms with van der Waals surface area (Å²) in [5.41, 5.74) is -0.414. The smallest absolute Gasteiger partial charge is 0.164 e. The van der Waals surface area contributed by atoms with Crippen LogP contribution in [0.1, 0.15) is 32.6 Å². The fourth-order valence-electron chi connectivity index (χ4n) is 2.25. The molecule has 6 nitrogen and oxygen atoms in total. The highest BCUT2D eigenvalue weighted by atomic mass is 16.7. The first-order chi connectivity index (χ1) is 9.94. The van der Waals surface area contributed by atoms with Gasteiger partial charge in [0.2, 0.25) is 0 Å². The van der Waals surface area contributed by atoms with Crippen molar-refractivity contribution in [3.63, 3.8) is 0 Å². The van der Waals surface area contributed by atoms with Crippen LogP contribution in [0.5, 0.6) is 0 Å². The van der Waals surface area contributed by atoms with Gasteiger partial charge in [-0.2, -0.15) is 0 Å². The van der Waals surface area contributed by atoms with E-state index in [4.69, 9.17) is 28.4 Å². The van der Waals surface area contributed by atoms with Gasteiger partial charge in [0.1, 0.15) is 0 Å². The first-order valence-electron chi connectivity index (χ1n) is 7.14. The van der Waals surface area contributed by atoms with Gasteiger partial charge in [0.05, 0.1) is 12.2 Å². The second kappa shape index (κ2) is 10.5. The van der Waals surface area contributed by atoms with Crippen LogP contribution in [0, 0.1) is 0 Å². The molecule has 0 radical (unpaired) electrons. The molecule has 0 aromatic rings. The predicted octanol–water partition coefficient (Wildman–Crippen LogP) is 2.21. The third-order valence-electron chi connectivity index (χ3n) is 4.10. The Balaban J connectivity index is 4.74. The van der Waals surface area contributed by atoms with Crippen LogP contribution in [0.25, 0.3) is 0 Å². The molecule has 6 heteroatoms. The van der Waals surface area contributed by atoms with Crippen molar-refractivity contribution in [2.24, 2.45) is 0 Å². The summed E-state index contributed by atoms with van der Waals surface area (Å²) in [6.07, 6.45) is 2.68. The Morgan fingerprint density at radius 2 is 1.33 bits per heavy atom. The lowest BCUT2D eigenvalue weighted by atomic mass is 9.90. The summed E-state index contributed by atoms with van der Waals surface area (Å²) < 4.78 is 32.4. The van der Waals surface area contributed by atoms with E-state index in [1.165, 1.54) is 0 Å². The molecular weight excluding hydrogens is 276 g/mol. The van der Waals surface area contributed by atoms with Gasteiger partial charge >= 0.3 is 0 Å². The third kappa shape index (κ3) is 7.04. The van der Waals surface area contributed by atoms with Gasteiger partial charge in [-0.3, -0.25) is 0 Å². The average Bonchev–Trinajstić information content (AvgIpc) is 2.53. The van der Waals surface area contributed by atoms with Crippen molar-refractivity contribution < 1.29 is 28.4 Å². The zero-order valence-corrected chi connectivity index (χ0v) is 14.6. The van der Waals surface area contributed by atoms with Crippen LogP contribution >= 0.6 is 0 Å². The molecule has 0 spiro atoms. The molecule has 0 aromatic heterocycles. The molecule has 0 aliphatic heterocycles. The topological polar surface area (TPSA) is 55.4 Å². The van der Waals surface area contributed by atoms with Gasteiger partial charge in [-0.05, 0) is 19.8 Å². The Morgan fingerprint density at radius 1 is 0.762 bits per heavy atom. The van der Waals surface area contributed by atoms with Crippen molar-refractivity contribution in [1.82, 2.24) is 0 Å². The van der Waals surface area contributed by atoms with E-state index in [-0.39, 0.29) is 6.29 Å². The zero-order valence-electron chi connectivity index (χ0n) is 14.6. The van der Waals surface area contributed by atoms with E-state index < -0.39 is 11.4 Å². The minimum absolute atomic E-state index is 0.243. The standard InChI is InChI=1S/C15H32O6/c1-14(19-5,20-6)10-11-15(21-7,12-16-2)9-8-13(17-3)18-4/h13H,8-12H2,1-7H3. The number of hydrogen-bond donors (Lipinski definition) is 0. The predicted molar refractivity (Wildman–Crippen MR) is 80.3 cm³/mol. The first-order valence-corrected chi connectivity index (χ1v) is 7.14. The van der Waals surface area contributed by atoms with Crippen LogP contribution in [-0.2, 0) is 28.4 Å². The Hall–Kier alpha value is -0.240. The molecule has 0 saturated heterocycles. The third-order valence-corrected chi connectivity index (χ3v) is 4.10. The van der Waals surface area contributed by atoms with Crippen molar-refractivity contribution in [2.75, 3.05) is 49.3 Å². The van der Waals surface area contributed by atoms with E-state index in [1.54, 1.807) is 42.7 Å². The lowest BCUT2D eigenvalue weighted by Gasteiger charge is -2.36. The SMILES string of the molecule is COCC(CCC(OC)OC)(CCC(C)(OC)OC)OC. The summed E-state index contributed by atoms with van der Waals surface area (Å²) in [6, 6.07) is 0. The van der Waals surface area contributed by atoms with Crippen LogP contribution in [-0.4, -0.2) is 66.9 Å². The maximum Gasteiger partial charge on any atom is 0.164 e. The summed E-state index contributed by atoms with van der Waals surface area (Å²) in [5.74, 6) is -0.626. The van der Waals surface area contributed by atoms with E-state index in [0.29, 0.717) is 13.0 Å². The molecule has 0 N–H and O–H groups in total. The van der Waals surface area contributed by atoms with E-state index >= 15 is 0 Å².